The lowest BCUT2D eigenvalue weighted by Gasteiger charge is -2.68. The number of carbonyl (C=O) groups is 1. The lowest BCUT2D eigenvalue weighted by molar-refractivity contribution is -0.256. The van der Waals surface area contributed by atoms with E-state index in [0.29, 0.717) is 17.7 Å². The molecule has 0 atom stereocenters. The molecule has 4 bridgehead atoms. The molecule has 0 heterocycles. The third-order valence-electron chi connectivity index (χ3n) is 8.77. The maximum absolute atomic E-state index is 13.1. The molecule has 6 fully saturated rings. The summed E-state index contributed by atoms with van der Waals surface area (Å²) >= 11 is 0. The molecule has 0 radical (unpaired) electrons. The van der Waals surface area contributed by atoms with E-state index in [4.69, 9.17) is 10.5 Å². The molecule has 0 aromatic heterocycles. The van der Waals surface area contributed by atoms with Crippen molar-refractivity contribution in [2.45, 2.75) is 68.8 Å². The molecule has 0 unspecified atom stereocenters. The Hall–Kier alpha value is -1.92. The summed E-state index contributed by atoms with van der Waals surface area (Å²) in [6, 6.07) is 8.17. The topological polar surface area (TPSA) is 84.6 Å². The number of fused-ring (bicyclic) bond motifs is 3. The predicted molar refractivity (Wildman–Crippen MR) is 116 cm³/mol. The van der Waals surface area contributed by atoms with E-state index in [9.17, 15) is 14.3 Å². The minimum Gasteiger partial charge on any atom is -0.489 e. The summed E-state index contributed by atoms with van der Waals surface area (Å²) in [5.41, 5.74) is 6.94. The van der Waals surface area contributed by atoms with Crippen LogP contribution in [0.15, 0.2) is 36.2 Å². The molecule has 1 aromatic carbocycles. The Balaban J connectivity index is 1.17. The van der Waals surface area contributed by atoms with Crippen molar-refractivity contribution < 1.29 is 19.0 Å². The van der Waals surface area contributed by atoms with Crippen LogP contribution < -0.4 is 15.8 Å². The molecule has 4 N–H and O–H groups in total. The number of hydrogen-bond acceptors (Lipinski definition) is 4. The number of nitrogens with one attached hydrogen (secondary N) is 1. The van der Waals surface area contributed by atoms with Gasteiger partial charge in [-0.25, -0.2) is 4.39 Å². The molecule has 1 amide bonds. The maximum atomic E-state index is 13.1. The van der Waals surface area contributed by atoms with Gasteiger partial charge in [0, 0.05) is 24.1 Å². The highest BCUT2D eigenvalue weighted by Gasteiger charge is 2.67. The van der Waals surface area contributed by atoms with Crippen molar-refractivity contribution in [1.29, 1.82) is 0 Å². The molecule has 168 valence electrons. The van der Waals surface area contributed by atoms with Crippen LogP contribution in [0.2, 0.25) is 0 Å². The van der Waals surface area contributed by atoms with E-state index in [2.05, 4.69) is 17.4 Å². The molecule has 0 aliphatic heterocycles. The molecule has 6 aliphatic carbocycles. The highest BCUT2D eigenvalue weighted by Crippen LogP contribution is 2.67. The van der Waals surface area contributed by atoms with Gasteiger partial charge in [-0.3, -0.25) is 4.79 Å². The van der Waals surface area contributed by atoms with Crippen molar-refractivity contribution in [3.8, 4) is 5.75 Å². The van der Waals surface area contributed by atoms with Crippen molar-refractivity contribution in [1.82, 2.24) is 5.32 Å². The van der Waals surface area contributed by atoms with E-state index in [0.717, 1.165) is 64.3 Å². The monoisotopic (exact) mass is 428 g/mol. The van der Waals surface area contributed by atoms with E-state index in [-0.39, 0.29) is 35.3 Å². The first kappa shape index (κ1) is 21.0. The number of rotatable bonds is 8. The van der Waals surface area contributed by atoms with Crippen molar-refractivity contribution in [2.24, 2.45) is 16.6 Å². The third-order valence-corrected chi connectivity index (χ3v) is 8.77. The number of halogens is 1. The maximum Gasteiger partial charge on any atom is 0.226 e. The van der Waals surface area contributed by atoms with Gasteiger partial charge in [-0.05, 0) is 86.3 Å². The first-order valence-electron chi connectivity index (χ1n) is 11.6. The molecule has 1 aromatic rings. The van der Waals surface area contributed by atoms with Gasteiger partial charge in [0.05, 0.1) is 11.9 Å². The van der Waals surface area contributed by atoms with Gasteiger partial charge < -0.3 is 20.9 Å². The zero-order valence-corrected chi connectivity index (χ0v) is 18.1. The van der Waals surface area contributed by atoms with Crippen LogP contribution in [-0.4, -0.2) is 36.3 Å². The van der Waals surface area contributed by atoms with Gasteiger partial charge in [0.25, 0.3) is 0 Å². The number of hydrogen-bond donors (Lipinski definition) is 3. The molecule has 0 saturated heterocycles. The van der Waals surface area contributed by atoms with Crippen molar-refractivity contribution >= 4 is 5.91 Å². The van der Waals surface area contributed by atoms with Gasteiger partial charge in [0.2, 0.25) is 5.91 Å². The Morgan fingerprint density at radius 3 is 2.23 bits per heavy atom. The minimum atomic E-state index is -0.407. The summed E-state index contributed by atoms with van der Waals surface area (Å²) in [6.45, 7) is 1.04. The normalized spacial score (nSPS) is 38.2. The van der Waals surface area contributed by atoms with Gasteiger partial charge in [0.15, 0.2) is 0 Å². The highest BCUT2D eigenvalue weighted by molar-refractivity contribution is 5.83. The Morgan fingerprint density at radius 1 is 1.10 bits per heavy atom. The number of carbonyl (C=O) groups excluding carboxylic acids is 1. The average Bonchev–Trinajstić information content (AvgIpc) is 2.77. The van der Waals surface area contributed by atoms with E-state index < -0.39 is 5.60 Å². The quantitative estimate of drug-likeness (QED) is 0.592. The van der Waals surface area contributed by atoms with Crippen LogP contribution in [0.1, 0.15) is 63.4 Å². The molecule has 7 rings (SSSR count). The second-order valence-electron chi connectivity index (χ2n) is 10.8. The van der Waals surface area contributed by atoms with Crippen LogP contribution >= 0.6 is 0 Å². The zero-order chi connectivity index (χ0) is 21.7. The summed E-state index contributed by atoms with van der Waals surface area (Å²) in [5, 5.41) is 13.2. The van der Waals surface area contributed by atoms with Gasteiger partial charge >= 0.3 is 0 Å². The molecule has 0 spiro atoms. The Bertz CT molecular complexity index is 850. The second kappa shape index (κ2) is 7.31. The van der Waals surface area contributed by atoms with E-state index in [1.807, 2.05) is 12.1 Å². The SMILES string of the molecule is NC/C(=C\F)COc1ccc(C23CCC(C(=O)NCC45CC(O)(C4)C5)(CC2)CC3)cc1. The lowest BCUT2D eigenvalue weighted by atomic mass is 9.41. The zero-order valence-electron chi connectivity index (χ0n) is 18.1. The van der Waals surface area contributed by atoms with Gasteiger partial charge in [0.1, 0.15) is 12.4 Å². The van der Waals surface area contributed by atoms with E-state index in [1.54, 1.807) is 0 Å². The molecule has 6 heteroatoms. The lowest BCUT2D eigenvalue weighted by Crippen LogP contribution is -2.70. The van der Waals surface area contributed by atoms with Crippen LogP contribution in [0.5, 0.6) is 5.75 Å². The van der Waals surface area contributed by atoms with Crippen molar-refractivity contribution in [3.63, 3.8) is 0 Å². The highest BCUT2D eigenvalue weighted by atomic mass is 19.1. The summed E-state index contributed by atoms with van der Waals surface area (Å²) < 4.78 is 18.3. The number of amides is 1. The van der Waals surface area contributed by atoms with Gasteiger partial charge in [-0.15, -0.1) is 0 Å². The standard InChI is InChI=1S/C25H33FN2O3/c26-11-18(12-27)13-31-20-3-1-19(2-4-20)23-5-8-24(9-6-23,10-7-23)21(29)28-17-22-14-25(30,15-22)16-22/h1-4,11,30H,5-10,12-17,27H2,(H,28,29)/b18-11+. The molecule has 6 aliphatic rings. The second-order valence-corrected chi connectivity index (χ2v) is 10.8. The van der Waals surface area contributed by atoms with Crippen LogP contribution in [-0.2, 0) is 10.2 Å². The van der Waals surface area contributed by atoms with Gasteiger partial charge in [-0.2, -0.15) is 0 Å². The van der Waals surface area contributed by atoms with Crippen molar-refractivity contribution in [2.75, 3.05) is 19.7 Å². The Labute approximate surface area is 183 Å². The Kier molecular flexibility index (Phi) is 4.94. The summed E-state index contributed by atoms with van der Waals surface area (Å²) in [5.74, 6) is 0.949. The van der Waals surface area contributed by atoms with Crippen LogP contribution in [0.4, 0.5) is 4.39 Å². The average molecular weight is 429 g/mol. The molecule has 5 nitrogen and oxygen atoms in total. The number of aliphatic hydroxyl groups is 1. The third kappa shape index (κ3) is 3.48. The summed E-state index contributed by atoms with van der Waals surface area (Å²) in [4.78, 5) is 13.1. The fourth-order valence-electron chi connectivity index (χ4n) is 6.76. The van der Waals surface area contributed by atoms with E-state index in [1.165, 1.54) is 5.56 Å². The molecular formula is C25H33FN2O3. The number of nitrogens with two attached hydrogens (primary N) is 1. The van der Waals surface area contributed by atoms with E-state index >= 15 is 0 Å². The number of ether oxygens (including phenoxy) is 1. The number of benzene rings is 1. The first-order valence-corrected chi connectivity index (χ1v) is 11.6. The smallest absolute Gasteiger partial charge is 0.226 e. The molecular weight excluding hydrogens is 395 g/mol. The fourth-order valence-corrected chi connectivity index (χ4v) is 6.76. The Morgan fingerprint density at radius 2 is 1.71 bits per heavy atom. The molecule has 6 saturated carbocycles. The van der Waals surface area contributed by atoms with Crippen LogP contribution in [0, 0.1) is 10.8 Å². The van der Waals surface area contributed by atoms with Crippen LogP contribution in [0.3, 0.4) is 0 Å². The summed E-state index contributed by atoms with van der Waals surface area (Å²) in [6.07, 6.45) is 9.00. The summed E-state index contributed by atoms with van der Waals surface area (Å²) in [7, 11) is 0. The molecule has 31 heavy (non-hydrogen) atoms. The minimum absolute atomic E-state index is 0.149. The fraction of sp³-hybridized carbons (Fsp3) is 0.640. The van der Waals surface area contributed by atoms with Gasteiger partial charge in [-0.1, -0.05) is 12.1 Å². The predicted octanol–water partition coefficient (Wildman–Crippen LogP) is 3.50. The first-order chi connectivity index (χ1) is 14.8. The van der Waals surface area contributed by atoms with Crippen molar-refractivity contribution in [3.05, 3.63) is 41.7 Å². The van der Waals surface area contributed by atoms with Crippen LogP contribution in [0.25, 0.3) is 0 Å². The largest absolute Gasteiger partial charge is 0.489 e.